The van der Waals surface area contributed by atoms with Crippen molar-refractivity contribution in [2.75, 3.05) is 37.6 Å². The highest BCUT2D eigenvalue weighted by Crippen LogP contribution is 2.24. The molecule has 1 aliphatic heterocycles. The molecule has 1 aromatic heterocycles. The van der Waals surface area contributed by atoms with E-state index >= 15 is 0 Å². The molecule has 0 aromatic carbocycles. The Morgan fingerprint density at radius 3 is 2.60 bits per heavy atom. The minimum absolute atomic E-state index is 0.603. The van der Waals surface area contributed by atoms with Gasteiger partial charge in [-0.1, -0.05) is 6.07 Å². The first-order chi connectivity index (χ1) is 9.51. The van der Waals surface area contributed by atoms with Crippen LogP contribution in [0, 0.1) is 0 Å². The van der Waals surface area contributed by atoms with Crippen LogP contribution in [-0.4, -0.2) is 53.3 Å². The highest BCUT2D eigenvalue weighted by atomic mass is 16.3. The molecular formula is C16H25N3O. The van der Waals surface area contributed by atoms with Gasteiger partial charge in [0.15, 0.2) is 0 Å². The van der Waals surface area contributed by atoms with Crippen molar-refractivity contribution in [1.82, 2.24) is 9.88 Å². The van der Waals surface area contributed by atoms with Gasteiger partial charge in [-0.2, -0.15) is 0 Å². The van der Waals surface area contributed by atoms with Crippen LogP contribution in [-0.2, 0) is 12.8 Å². The zero-order chi connectivity index (χ0) is 14.2. The second kappa shape index (κ2) is 5.34. The third-order valence-electron chi connectivity index (χ3n) is 4.22. The Hall–Kier alpha value is -1.13. The first kappa shape index (κ1) is 13.8. The van der Waals surface area contributed by atoms with E-state index in [4.69, 9.17) is 4.98 Å². The third kappa shape index (κ3) is 3.13. The molecule has 110 valence electrons. The van der Waals surface area contributed by atoms with Gasteiger partial charge < -0.3 is 10.0 Å². The quantitative estimate of drug-likeness (QED) is 0.906. The van der Waals surface area contributed by atoms with Crippen LogP contribution in [0.15, 0.2) is 12.1 Å². The van der Waals surface area contributed by atoms with Crippen molar-refractivity contribution in [3.8, 4) is 0 Å². The number of aryl methyl sites for hydroxylation is 2. The molecule has 1 saturated heterocycles. The Kier molecular flexibility index (Phi) is 3.69. The second-order valence-corrected chi connectivity index (χ2v) is 6.70. The second-order valence-electron chi connectivity index (χ2n) is 6.70. The first-order valence-electron chi connectivity index (χ1n) is 7.70. The number of piperazine rings is 1. The van der Waals surface area contributed by atoms with Gasteiger partial charge in [0.2, 0.25) is 0 Å². The Bertz CT molecular complexity index is 473. The van der Waals surface area contributed by atoms with E-state index in [1.165, 1.54) is 24.1 Å². The van der Waals surface area contributed by atoms with Crippen molar-refractivity contribution in [3.05, 3.63) is 23.4 Å². The fourth-order valence-electron chi connectivity index (χ4n) is 3.27. The summed E-state index contributed by atoms with van der Waals surface area (Å²) in [4.78, 5) is 9.55. The maximum Gasteiger partial charge on any atom is 0.128 e. The fourth-order valence-corrected chi connectivity index (χ4v) is 3.27. The van der Waals surface area contributed by atoms with Gasteiger partial charge in [-0.3, -0.25) is 4.90 Å². The summed E-state index contributed by atoms with van der Waals surface area (Å²) in [5.74, 6) is 1.13. The van der Waals surface area contributed by atoms with Crippen molar-refractivity contribution in [3.63, 3.8) is 0 Å². The Balaban J connectivity index is 1.61. The molecule has 0 spiro atoms. The van der Waals surface area contributed by atoms with Crippen LogP contribution in [0.2, 0.25) is 0 Å². The lowest BCUT2D eigenvalue weighted by Gasteiger charge is -2.37. The Morgan fingerprint density at radius 1 is 1.15 bits per heavy atom. The zero-order valence-electron chi connectivity index (χ0n) is 12.6. The highest BCUT2D eigenvalue weighted by Gasteiger charge is 2.24. The lowest BCUT2D eigenvalue weighted by Crippen LogP contribution is -2.50. The number of β-amino-alcohol motifs (C(OH)–C–C–N with tert-alkyl or cyclic N) is 1. The van der Waals surface area contributed by atoms with E-state index in [2.05, 4.69) is 21.9 Å². The van der Waals surface area contributed by atoms with Gasteiger partial charge in [-0.15, -0.1) is 0 Å². The number of hydrogen-bond donors (Lipinski definition) is 1. The maximum atomic E-state index is 9.89. The summed E-state index contributed by atoms with van der Waals surface area (Å²) in [5, 5.41) is 9.89. The van der Waals surface area contributed by atoms with Crippen LogP contribution in [0.1, 0.15) is 31.5 Å². The normalized spacial score (nSPS) is 20.2. The lowest BCUT2D eigenvalue weighted by atomic mass is 10.1. The number of aliphatic hydroxyl groups is 1. The van der Waals surface area contributed by atoms with Crippen molar-refractivity contribution in [1.29, 1.82) is 0 Å². The number of rotatable bonds is 3. The molecule has 0 amide bonds. The van der Waals surface area contributed by atoms with E-state index in [0.29, 0.717) is 0 Å². The van der Waals surface area contributed by atoms with Gasteiger partial charge in [-0.25, -0.2) is 4.98 Å². The van der Waals surface area contributed by atoms with Crippen molar-refractivity contribution in [2.24, 2.45) is 0 Å². The smallest absolute Gasteiger partial charge is 0.128 e. The van der Waals surface area contributed by atoms with Crippen molar-refractivity contribution < 1.29 is 5.11 Å². The van der Waals surface area contributed by atoms with Gasteiger partial charge in [0, 0.05) is 38.4 Å². The first-order valence-corrected chi connectivity index (χ1v) is 7.70. The van der Waals surface area contributed by atoms with E-state index in [1.54, 1.807) is 0 Å². The topological polar surface area (TPSA) is 39.6 Å². The van der Waals surface area contributed by atoms with Crippen LogP contribution >= 0.6 is 0 Å². The number of hydrogen-bond acceptors (Lipinski definition) is 4. The lowest BCUT2D eigenvalue weighted by molar-refractivity contribution is 0.0344. The average Bonchev–Trinajstić information content (AvgIpc) is 2.85. The molecule has 1 N–H and O–H groups in total. The summed E-state index contributed by atoms with van der Waals surface area (Å²) in [5.41, 5.74) is 2.14. The molecule has 20 heavy (non-hydrogen) atoms. The van der Waals surface area contributed by atoms with Crippen LogP contribution in [0.3, 0.4) is 0 Å². The summed E-state index contributed by atoms with van der Waals surface area (Å²) < 4.78 is 0. The van der Waals surface area contributed by atoms with E-state index in [0.717, 1.165) is 45.0 Å². The zero-order valence-corrected chi connectivity index (χ0v) is 12.6. The fraction of sp³-hybridized carbons (Fsp3) is 0.688. The number of fused-ring (bicyclic) bond motifs is 1. The molecule has 4 nitrogen and oxygen atoms in total. The molecule has 1 aromatic rings. The minimum atomic E-state index is -0.603. The molecule has 0 unspecified atom stereocenters. The monoisotopic (exact) mass is 275 g/mol. The molecule has 3 rings (SSSR count). The van der Waals surface area contributed by atoms with Crippen LogP contribution in [0.4, 0.5) is 5.82 Å². The molecule has 1 aliphatic carbocycles. The predicted molar refractivity (Wildman–Crippen MR) is 81.2 cm³/mol. The number of pyridine rings is 1. The largest absolute Gasteiger partial charge is 0.389 e. The van der Waals surface area contributed by atoms with Crippen LogP contribution < -0.4 is 4.90 Å². The highest BCUT2D eigenvalue weighted by molar-refractivity contribution is 5.43. The van der Waals surface area contributed by atoms with Gasteiger partial charge >= 0.3 is 0 Å². The van der Waals surface area contributed by atoms with E-state index in [1.807, 2.05) is 13.8 Å². The van der Waals surface area contributed by atoms with Crippen LogP contribution in [0.5, 0.6) is 0 Å². The molecule has 2 heterocycles. The van der Waals surface area contributed by atoms with Crippen molar-refractivity contribution >= 4 is 5.82 Å². The summed E-state index contributed by atoms with van der Waals surface area (Å²) in [6.45, 7) is 8.51. The molecular weight excluding hydrogens is 250 g/mol. The van der Waals surface area contributed by atoms with E-state index < -0.39 is 5.60 Å². The predicted octanol–water partition coefficient (Wildman–Crippen LogP) is 1.46. The number of nitrogens with zero attached hydrogens (tertiary/aromatic N) is 3. The van der Waals surface area contributed by atoms with Gasteiger partial charge in [0.1, 0.15) is 5.82 Å². The summed E-state index contributed by atoms with van der Waals surface area (Å²) in [6.07, 6.45) is 3.59. The van der Waals surface area contributed by atoms with E-state index in [9.17, 15) is 5.11 Å². The Morgan fingerprint density at radius 2 is 1.90 bits per heavy atom. The SMILES string of the molecule is CC(C)(O)CN1CCN(c2ccc3c(n2)CCC3)CC1. The van der Waals surface area contributed by atoms with Crippen LogP contribution in [0.25, 0.3) is 0 Å². The summed E-state index contributed by atoms with van der Waals surface area (Å²) in [7, 11) is 0. The van der Waals surface area contributed by atoms with E-state index in [-0.39, 0.29) is 0 Å². The third-order valence-corrected chi connectivity index (χ3v) is 4.22. The van der Waals surface area contributed by atoms with Gasteiger partial charge in [-0.05, 0) is 44.7 Å². The maximum absolute atomic E-state index is 9.89. The standard InChI is InChI=1S/C16H25N3O/c1-16(2,20)12-18-8-10-19(11-9-18)15-7-6-13-4-3-5-14(13)17-15/h6-7,20H,3-5,8-12H2,1-2H3. The number of anilines is 1. The van der Waals surface area contributed by atoms with Gasteiger partial charge in [0.25, 0.3) is 0 Å². The molecule has 0 atom stereocenters. The molecule has 2 aliphatic rings. The molecule has 0 bridgehead atoms. The minimum Gasteiger partial charge on any atom is -0.389 e. The average molecular weight is 275 g/mol. The molecule has 0 saturated carbocycles. The summed E-state index contributed by atoms with van der Waals surface area (Å²) in [6, 6.07) is 4.43. The molecule has 1 fully saturated rings. The van der Waals surface area contributed by atoms with Crippen molar-refractivity contribution in [2.45, 2.75) is 38.7 Å². The molecule has 0 radical (unpaired) electrons. The molecule has 4 heteroatoms. The van der Waals surface area contributed by atoms with Gasteiger partial charge in [0.05, 0.1) is 5.60 Å². The number of aromatic nitrogens is 1. The summed E-state index contributed by atoms with van der Waals surface area (Å²) >= 11 is 0. The Labute approximate surface area is 121 Å².